The molecule has 0 aliphatic carbocycles. The molecular formula is C19H26N4O2. The molecule has 1 aromatic heterocycles. The van der Waals surface area contributed by atoms with Crippen LogP contribution in [0.15, 0.2) is 53.8 Å². The third-order valence-corrected chi connectivity index (χ3v) is 3.78. The van der Waals surface area contributed by atoms with Crippen molar-refractivity contribution in [2.45, 2.75) is 19.6 Å². The molecule has 1 heterocycles. The lowest BCUT2D eigenvalue weighted by molar-refractivity contribution is 0.186. The molecule has 6 heteroatoms. The fourth-order valence-electron chi connectivity index (χ4n) is 2.41. The van der Waals surface area contributed by atoms with E-state index in [9.17, 15) is 5.11 Å². The highest BCUT2D eigenvalue weighted by molar-refractivity contribution is 5.79. The number of nitrogens with one attached hydrogen (secondary N) is 1. The van der Waals surface area contributed by atoms with Crippen LogP contribution >= 0.6 is 0 Å². The van der Waals surface area contributed by atoms with Crippen molar-refractivity contribution in [3.63, 3.8) is 0 Å². The van der Waals surface area contributed by atoms with Gasteiger partial charge in [0.2, 0.25) is 0 Å². The number of ether oxygens (including phenoxy) is 1. The molecule has 2 rings (SSSR count). The predicted octanol–water partition coefficient (Wildman–Crippen LogP) is 2.22. The van der Waals surface area contributed by atoms with E-state index in [0.29, 0.717) is 13.1 Å². The van der Waals surface area contributed by atoms with Gasteiger partial charge in [0.15, 0.2) is 5.96 Å². The van der Waals surface area contributed by atoms with Crippen LogP contribution < -0.4 is 10.1 Å². The van der Waals surface area contributed by atoms with Gasteiger partial charge in [-0.15, -0.1) is 0 Å². The van der Waals surface area contributed by atoms with Gasteiger partial charge in [-0.2, -0.15) is 0 Å². The highest BCUT2D eigenvalue weighted by Gasteiger charge is 2.10. The summed E-state index contributed by atoms with van der Waals surface area (Å²) in [5.74, 6) is 1.60. The molecule has 0 spiro atoms. The minimum absolute atomic E-state index is 0.291. The first-order chi connectivity index (χ1) is 12.1. The zero-order valence-corrected chi connectivity index (χ0v) is 15.0. The van der Waals surface area contributed by atoms with Crippen molar-refractivity contribution in [2.24, 2.45) is 4.99 Å². The molecule has 0 radical (unpaired) electrons. The third-order valence-electron chi connectivity index (χ3n) is 3.78. The fraction of sp³-hybridized carbons (Fsp3) is 0.368. The van der Waals surface area contributed by atoms with E-state index in [1.165, 1.54) is 0 Å². The molecule has 0 bridgehead atoms. The van der Waals surface area contributed by atoms with Crippen LogP contribution in [0.3, 0.4) is 0 Å². The summed E-state index contributed by atoms with van der Waals surface area (Å²) in [5, 5.41) is 13.5. The second-order valence-corrected chi connectivity index (χ2v) is 5.70. The highest BCUT2D eigenvalue weighted by Crippen LogP contribution is 2.14. The summed E-state index contributed by atoms with van der Waals surface area (Å²) in [4.78, 5) is 10.6. The molecule has 1 unspecified atom stereocenters. The lowest BCUT2D eigenvalue weighted by Gasteiger charge is -2.22. The van der Waals surface area contributed by atoms with Crippen LogP contribution in [-0.2, 0) is 6.54 Å². The maximum Gasteiger partial charge on any atom is 0.194 e. The molecule has 0 fully saturated rings. The molecule has 1 atom stereocenters. The first-order valence-corrected chi connectivity index (χ1v) is 8.34. The monoisotopic (exact) mass is 342 g/mol. The number of aliphatic hydroxyl groups excluding tert-OH is 1. The Labute approximate surface area is 149 Å². The van der Waals surface area contributed by atoms with Crippen LogP contribution in [0.25, 0.3) is 0 Å². The van der Waals surface area contributed by atoms with Gasteiger partial charge in [0.25, 0.3) is 0 Å². The van der Waals surface area contributed by atoms with E-state index in [4.69, 9.17) is 4.74 Å². The molecule has 0 aliphatic rings. The number of aliphatic hydroxyl groups is 1. The lowest BCUT2D eigenvalue weighted by Crippen LogP contribution is -2.38. The van der Waals surface area contributed by atoms with Gasteiger partial charge < -0.3 is 20.1 Å². The fourth-order valence-corrected chi connectivity index (χ4v) is 2.41. The zero-order valence-electron chi connectivity index (χ0n) is 15.0. The Balaban J connectivity index is 2.01. The van der Waals surface area contributed by atoms with E-state index in [-0.39, 0.29) is 0 Å². The van der Waals surface area contributed by atoms with Crippen molar-refractivity contribution in [2.75, 3.05) is 27.2 Å². The summed E-state index contributed by atoms with van der Waals surface area (Å²) in [7, 11) is 3.63. The van der Waals surface area contributed by atoms with Crippen molar-refractivity contribution in [3.8, 4) is 5.75 Å². The van der Waals surface area contributed by atoms with Gasteiger partial charge in [0.1, 0.15) is 5.75 Å². The number of hydrogen-bond acceptors (Lipinski definition) is 4. The van der Waals surface area contributed by atoms with Crippen molar-refractivity contribution < 1.29 is 9.84 Å². The number of aromatic nitrogens is 1. The molecule has 6 nitrogen and oxygen atoms in total. The topological polar surface area (TPSA) is 70.0 Å². The maximum atomic E-state index is 10.3. The number of hydrogen-bond donors (Lipinski definition) is 2. The summed E-state index contributed by atoms with van der Waals surface area (Å²) in [5.41, 5.74) is 1.97. The third kappa shape index (κ3) is 5.76. The van der Waals surface area contributed by atoms with Crippen LogP contribution in [0.4, 0.5) is 0 Å². The second-order valence-electron chi connectivity index (χ2n) is 5.70. The maximum absolute atomic E-state index is 10.3. The Morgan fingerprint density at radius 1 is 1.24 bits per heavy atom. The van der Waals surface area contributed by atoms with Crippen LogP contribution in [0.2, 0.25) is 0 Å². The SMILES string of the molecule is CCNC(=NCC(O)c1ccncc1)N(C)Cc1ccc(OC)cc1. The van der Waals surface area contributed by atoms with E-state index in [1.807, 2.05) is 43.1 Å². The molecule has 1 aromatic carbocycles. The number of rotatable bonds is 7. The number of pyridine rings is 1. The van der Waals surface area contributed by atoms with Gasteiger partial charge in [-0.05, 0) is 42.3 Å². The van der Waals surface area contributed by atoms with Crippen LogP contribution in [0, 0.1) is 0 Å². The van der Waals surface area contributed by atoms with Crippen molar-refractivity contribution in [1.29, 1.82) is 0 Å². The molecule has 2 N–H and O–H groups in total. The Morgan fingerprint density at radius 2 is 1.92 bits per heavy atom. The number of benzene rings is 1. The van der Waals surface area contributed by atoms with E-state index in [1.54, 1.807) is 31.6 Å². The molecule has 0 saturated heterocycles. The first kappa shape index (κ1) is 18.7. The highest BCUT2D eigenvalue weighted by atomic mass is 16.5. The summed E-state index contributed by atoms with van der Waals surface area (Å²) >= 11 is 0. The van der Waals surface area contributed by atoms with Crippen molar-refractivity contribution >= 4 is 5.96 Å². The minimum Gasteiger partial charge on any atom is -0.497 e. The van der Waals surface area contributed by atoms with Crippen LogP contribution in [0.1, 0.15) is 24.2 Å². The average molecular weight is 342 g/mol. The minimum atomic E-state index is -0.647. The van der Waals surface area contributed by atoms with Gasteiger partial charge in [-0.25, -0.2) is 0 Å². The zero-order chi connectivity index (χ0) is 18.1. The molecule has 25 heavy (non-hydrogen) atoms. The summed E-state index contributed by atoms with van der Waals surface area (Å²) in [6.45, 7) is 3.79. The van der Waals surface area contributed by atoms with E-state index < -0.39 is 6.10 Å². The average Bonchev–Trinajstić information content (AvgIpc) is 2.66. The molecular weight excluding hydrogens is 316 g/mol. The second kappa shape index (κ2) is 9.64. The van der Waals surface area contributed by atoms with Crippen LogP contribution in [0.5, 0.6) is 5.75 Å². The van der Waals surface area contributed by atoms with Gasteiger partial charge in [0, 0.05) is 32.5 Å². The van der Waals surface area contributed by atoms with Gasteiger partial charge in [-0.3, -0.25) is 9.98 Å². The number of aliphatic imine (C=N–C) groups is 1. The Kier molecular flexibility index (Phi) is 7.22. The van der Waals surface area contributed by atoms with Crippen LogP contribution in [-0.4, -0.2) is 48.2 Å². The predicted molar refractivity (Wildman–Crippen MR) is 99.6 cm³/mol. The van der Waals surface area contributed by atoms with Crippen molar-refractivity contribution in [1.82, 2.24) is 15.2 Å². The number of nitrogens with zero attached hydrogens (tertiary/aromatic N) is 3. The summed E-state index contributed by atoms with van der Waals surface area (Å²) in [6, 6.07) is 11.6. The van der Waals surface area contributed by atoms with Gasteiger partial charge in [-0.1, -0.05) is 12.1 Å². The summed E-state index contributed by atoms with van der Waals surface area (Å²) in [6.07, 6.45) is 2.69. The Hall–Kier alpha value is -2.60. The standard InChI is InChI=1S/C19H26N4O2/c1-4-21-19(22-13-18(24)16-9-11-20-12-10-16)23(2)14-15-5-7-17(25-3)8-6-15/h5-12,18,24H,4,13-14H2,1-3H3,(H,21,22). The van der Waals surface area contributed by atoms with Crippen molar-refractivity contribution in [3.05, 3.63) is 59.9 Å². The first-order valence-electron chi connectivity index (χ1n) is 8.34. The van der Waals surface area contributed by atoms with Gasteiger partial charge in [0.05, 0.1) is 19.8 Å². The lowest BCUT2D eigenvalue weighted by atomic mass is 10.1. The Morgan fingerprint density at radius 3 is 2.52 bits per heavy atom. The molecule has 134 valence electrons. The number of guanidine groups is 1. The van der Waals surface area contributed by atoms with E-state index in [0.717, 1.165) is 29.4 Å². The number of methoxy groups -OCH3 is 1. The quantitative estimate of drug-likeness (QED) is 0.596. The molecule has 0 saturated carbocycles. The summed E-state index contributed by atoms with van der Waals surface area (Å²) < 4.78 is 5.19. The molecule has 0 amide bonds. The normalized spacial score (nSPS) is 12.6. The molecule has 0 aliphatic heterocycles. The van der Waals surface area contributed by atoms with E-state index in [2.05, 4.69) is 15.3 Å². The van der Waals surface area contributed by atoms with Gasteiger partial charge >= 0.3 is 0 Å². The smallest absolute Gasteiger partial charge is 0.194 e. The van der Waals surface area contributed by atoms with E-state index >= 15 is 0 Å². The largest absolute Gasteiger partial charge is 0.497 e. The Bertz CT molecular complexity index is 659. The molecule has 2 aromatic rings.